The first-order valence-corrected chi connectivity index (χ1v) is 10.9. The number of carbonyl (C=O) groups is 1. The average Bonchev–Trinajstić information content (AvgIpc) is 2.74. The number of aromatic nitrogens is 1. The summed E-state index contributed by atoms with van der Waals surface area (Å²) in [4.78, 5) is 21.9. The molecule has 1 fully saturated rings. The van der Waals surface area contributed by atoms with Crippen LogP contribution >= 0.6 is 11.6 Å². The molecule has 0 aliphatic carbocycles. The summed E-state index contributed by atoms with van der Waals surface area (Å²) in [7, 11) is 2.14. The zero-order valence-corrected chi connectivity index (χ0v) is 18.5. The van der Waals surface area contributed by atoms with Crippen LogP contribution in [0.5, 0.6) is 0 Å². The Morgan fingerprint density at radius 3 is 2.65 bits per heavy atom. The van der Waals surface area contributed by atoms with E-state index in [2.05, 4.69) is 35.2 Å². The quantitative estimate of drug-likeness (QED) is 0.627. The van der Waals surface area contributed by atoms with Crippen LogP contribution in [0.4, 0.5) is 15.9 Å². The van der Waals surface area contributed by atoms with Gasteiger partial charge in [-0.1, -0.05) is 17.7 Å². The molecule has 1 saturated heterocycles. The zero-order valence-electron chi connectivity index (χ0n) is 17.8. The lowest BCUT2D eigenvalue weighted by molar-refractivity contribution is -0.116. The highest BCUT2D eigenvalue weighted by Crippen LogP contribution is 2.26. The van der Waals surface area contributed by atoms with E-state index in [0.29, 0.717) is 22.7 Å². The number of halogens is 2. The minimum atomic E-state index is -0.385. The molecule has 31 heavy (non-hydrogen) atoms. The highest BCUT2D eigenvalue weighted by atomic mass is 35.5. The van der Waals surface area contributed by atoms with Gasteiger partial charge in [-0.2, -0.15) is 0 Å². The standard InChI is InChI=1S/C24H26ClFN4O/c1-16-13-23(30-11-9-29(2)10-12-30)28-22-7-6-19(15-20(16)22)27-24(31)8-4-17-3-5-18(25)14-21(17)26/h3,5-7,13-15H,4,8-12H2,1-2H3,(H,27,31). The average molecular weight is 441 g/mol. The van der Waals surface area contributed by atoms with E-state index >= 15 is 0 Å². The Bertz CT molecular complexity index is 1110. The lowest BCUT2D eigenvalue weighted by Crippen LogP contribution is -2.44. The first-order chi connectivity index (χ1) is 14.9. The zero-order chi connectivity index (χ0) is 22.0. The van der Waals surface area contributed by atoms with Gasteiger partial charge in [0.2, 0.25) is 5.91 Å². The number of hydrogen-bond acceptors (Lipinski definition) is 4. The van der Waals surface area contributed by atoms with Gasteiger partial charge in [-0.05, 0) is 67.9 Å². The SMILES string of the molecule is Cc1cc(N2CCN(C)CC2)nc2ccc(NC(=O)CCc3ccc(Cl)cc3F)cc12. The monoisotopic (exact) mass is 440 g/mol. The topological polar surface area (TPSA) is 48.5 Å². The van der Waals surface area contributed by atoms with Crippen molar-refractivity contribution in [1.29, 1.82) is 0 Å². The molecule has 2 heterocycles. The van der Waals surface area contributed by atoms with Crippen molar-refractivity contribution in [3.05, 3.63) is 64.4 Å². The molecule has 0 bridgehead atoms. The maximum absolute atomic E-state index is 13.9. The Balaban J connectivity index is 1.44. The van der Waals surface area contributed by atoms with Gasteiger partial charge in [-0.25, -0.2) is 9.37 Å². The van der Waals surface area contributed by atoms with Crippen LogP contribution < -0.4 is 10.2 Å². The van der Waals surface area contributed by atoms with Crippen LogP contribution in [0.1, 0.15) is 17.5 Å². The number of piperazine rings is 1. The number of aryl methyl sites for hydroxylation is 2. The molecule has 1 aromatic heterocycles. The fourth-order valence-corrected chi connectivity index (χ4v) is 4.01. The fourth-order valence-electron chi connectivity index (χ4n) is 3.85. The van der Waals surface area contributed by atoms with Gasteiger partial charge in [0.1, 0.15) is 11.6 Å². The van der Waals surface area contributed by atoms with Crippen molar-refractivity contribution < 1.29 is 9.18 Å². The number of benzene rings is 2. The molecule has 1 N–H and O–H groups in total. The van der Waals surface area contributed by atoms with Gasteiger partial charge >= 0.3 is 0 Å². The highest BCUT2D eigenvalue weighted by molar-refractivity contribution is 6.30. The number of carbonyl (C=O) groups excluding carboxylic acids is 1. The first kappa shape index (κ1) is 21.5. The molecule has 1 aliphatic heterocycles. The second kappa shape index (κ2) is 9.20. The minimum absolute atomic E-state index is 0.159. The number of amides is 1. The first-order valence-electron chi connectivity index (χ1n) is 10.5. The molecule has 0 atom stereocenters. The molecule has 4 rings (SSSR count). The molecule has 3 aromatic rings. The third-order valence-corrected chi connectivity index (χ3v) is 5.98. The third-order valence-electron chi connectivity index (χ3n) is 5.75. The highest BCUT2D eigenvalue weighted by Gasteiger charge is 2.16. The van der Waals surface area contributed by atoms with E-state index in [0.717, 1.165) is 48.5 Å². The lowest BCUT2D eigenvalue weighted by Gasteiger charge is -2.33. The Morgan fingerprint density at radius 2 is 1.90 bits per heavy atom. The second-order valence-corrected chi connectivity index (χ2v) is 8.54. The number of likely N-dealkylation sites (N-methyl/N-ethyl adjacent to an activating group) is 1. The van der Waals surface area contributed by atoms with E-state index in [4.69, 9.17) is 16.6 Å². The molecule has 0 saturated carbocycles. The summed E-state index contributed by atoms with van der Waals surface area (Å²) in [5, 5.41) is 4.28. The Kier molecular flexibility index (Phi) is 6.39. The normalized spacial score (nSPS) is 14.8. The van der Waals surface area contributed by atoms with Gasteiger partial charge in [0.05, 0.1) is 5.52 Å². The van der Waals surface area contributed by atoms with E-state index in [1.54, 1.807) is 12.1 Å². The summed E-state index contributed by atoms with van der Waals surface area (Å²) < 4.78 is 13.9. The van der Waals surface area contributed by atoms with E-state index in [1.165, 1.54) is 6.07 Å². The predicted molar refractivity (Wildman–Crippen MR) is 125 cm³/mol. The summed E-state index contributed by atoms with van der Waals surface area (Å²) in [6.45, 7) is 6.07. The molecule has 7 heteroatoms. The molecule has 5 nitrogen and oxygen atoms in total. The molecule has 2 aromatic carbocycles. The molecule has 1 aliphatic rings. The van der Waals surface area contributed by atoms with Crippen molar-refractivity contribution >= 4 is 39.9 Å². The molecular formula is C24H26ClFN4O. The van der Waals surface area contributed by atoms with Gasteiger partial charge in [0.25, 0.3) is 0 Å². The van der Waals surface area contributed by atoms with Gasteiger partial charge in [0.15, 0.2) is 0 Å². The third kappa shape index (κ3) is 5.14. The van der Waals surface area contributed by atoms with E-state index in [-0.39, 0.29) is 18.1 Å². The van der Waals surface area contributed by atoms with E-state index in [1.807, 2.05) is 18.2 Å². The number of pyridine rings is 1. The second-order valence-electron chi connectivity index (χ2n) is 8.10. The Hall–Kier alpha value is -2.70. The van der Waals surface area contributed by atoms with Crippen molar-refractivity contribution in [3.63, 3.8) is 0 Å². The number of fused-ring (bicyclic) bond motifs is 1. The number of nitrogens with one attached hydrogen (secondary N) is 1. The van der Waals surface area contributed by atoms with Gasteiger partial charge < -0.3 is 15.1 Å². The summed E-state index contributed by atoms with van der Waals surface area (Å²) in [5.41, 5.74) is 3.23. The molecule has 0 unspecified atom stereocenters. The minimum Gasteiger partial charge on any atom is -0.354 e. The summed E-state index contributed by atoms with van der Waals surface area (Å²) in [5.74, 6) is 0.456. The van der Waals surface area contributed by atoms with Crippen LogP contribution in [0.25, 0.3) is 10.9 Å². The number of nitrogens with zero attached hydrogens (tertiary/aromatic N) is 3. The maximum Gasteiger partial charge on any atom is 0.224 e. The fraction of sp³-hybridized carbons (Fsp3) is 0.333. The lowest BCUT2D eigenvalue weighted by atomic mass is 10.1. The summed E-state index contributed by atoms with van der Waals surface area (Å²) in [6.07, 6.45) is 0.507. The molecule has 1 amide bonds. The Morgan fingerprint density at radius 1 is 1.13 bits per heavy atom. The van der Waals surface area contributed by atoms with Crippen LogP contribution in [0.15, 0.2) is 42.5 Å². The van der Waals surface area contributed by atoms with Crippen LogP contribution in [0.2, 0.25) is 5.02 Å². The number of hydrogen-bond donors (Lipinski definition) is 1. The smallest absolute Gasteiger partial charge is 0.224 e. The molecule has 0 spiro atoms. The molecule has 162 valence electrons. The summed E-state index contributed by atoms with van der Waals surface area (Å²) in [6, 6.07) is 12.4. The molecular weight excluding hydrogens is 415 g/mol. The van der Waals surface area contributed by atoms with Crippen LogP contribution in [-0.2, 0) is 11.2 Å². The van der Waals surface area contributed by atoms with Crippen molar-refractivity contribution in [1.82, 2.24) is 9.88 Å². The van der Waals surface area contributed by atoms with Crippen LogP contribution in [-0.4, -0.2) is 49.0 Å². The Labute approximate surface area is 186 Å². The molecule has 0 radical (unpaired) electrons. The predicted octanol–water partition coefficient (Wildman–Crippen LogP) is 4.66. The van der Waals surface area contributed by atoms with Crippen molar-refractivity contribution in [2.75, 3.05) is 43.4 Å². The van der Waals surface area contributed by atoms with E-state index < -0.39 is 0 Å². The van der Waals surface area contributed by atoms with Gasteiger partial charge in [-0.15, -0.1) is 0 Å². The van der Waals surface area contributed by atoms with Crippen LogP contribution in [0, 0.1) is 12.7 Å². The summed E-state index contributed by atoms with van der Waals surface area (Å²) >= 11 is 5.78. The maximum atomic E-state index is 13.9. The van der Waals surface area contributed by atoms with Gasteiger partial charge in [0, 0.05) is 48.7 Å². The van der Waals surface area contributed by atoms with Crippen LogP contribution in [0.3, 0.4) is 0 Å². The van der Waals surface area contributed by atoms with Crippen molar-refractivity contribution in [3.8, 4) is 0 Å². The van der Waals surface area contributed by atoms with Crippen molar-refractivity contribution in [2.45, 2.75) is 19.8 Å². The van der Waals surface area contributed by atoms with Crippen molar-refractivity contribution in [2.24, 2.45) is 0 Å². The number of rotatable bonds is 5. The number of anilines is 2. The van der Waals surface area contributed by atoms with E-state index in [9.17, 15) is 9.18 Å². The van der Waals surface area contributed by atoms with Gasteiger partial charge in [-0.3, -0.25) is 4.79 Å². The largest absolute Gasteiger partial charge is 0.354 e.